The van der Waals surface area contributed by atoms with Crippen molar-refractivity contribution in [3.05, 3.63) is 35.4 Å². The second kappa shape index (κ2) is 5.10. The molecule has 1 aromatic carbocycles. The maximum atomic E-state index is 11.7. The van der Waals surface area contributed by atoms with Gasteiger partial charge in [0, 0.05) is 6.04 Å². The zero-order valence-electron chi connectivity index (χ0n) is 13.0. The van der Waals surface area contributed by atoms with Gasteiger partial charge in [-0.3, -0.25) is 0 Å². The molecule has 2 aliphatic carbocycles. The van der Waals surface area contributed by atoms with Crippen LogP contribution in [0, 0.1) is 17.8 Å². The van der Waals surface area contributed by atoms with Gasteiger partial charge in [-0.2, -0.15) is 0 Å². The Hall–Kier alpha value is -0.860. The standard InChI is InChI=1S/C19H27NO/c1-13-8-9-20-18(10-13)19(21)16-6-7-17(19)12-15-5-3-2-4-14(15)11-16/h2-5,13,16-18,20-21H,6-12H2,1H3. The van der Waals surface area contributed by atoms with Gasteiger partial charge in [-0.25, -0.2) is 0 Å². The zero-order valence-corrected chi connectivity index (χ0v) is 13.0. The SMILES string of the molecule is CC1CCNC(C2(O)C3CCC2Cc2ccccc2C3)C1. The van der Waals surface area contributed by atoms with E-state index in [9.17, 15) is 5.11 Å². The third-order valence-electron chi connectivity index (χ3n) is 6.45. The summed E-state index contributed by atoms with van der Waals surface area (Å²) in [7, 11) is 0. The molecule has 0 radical (unpaired) electrons. The van der Waals surface area contributed by atoms with Gasteiger partial charge < -0.3 is 10.4 Å². The number of hydrogen-bond donors (Lipinski definition) is 2. The molecule has 3 aliphatic rings. The average molecular weight is 285 g/mol. The van der Waals surface area contributed by atoms with E-state index in [0.29, 0.717) is 17.9 Å². The van der Waals surface area contributed by atoms with Crippen LogP contribution in [-0.4, -0.2) is 23.3 Å². The molecule has 2 nitrogen and oxygen atoms in total. The van der Waals surface area contributed by atoms with Crippen molar-refractivity contribution in [3.8, 4) is 0 Å². The molecule has 21 heavy (non-hydrogen) atoms. The van der Waals surface area contributed by atoms with Crippen LogP contribution in [0.25, 0.3) is 0 Å². The van der Waals surface area contributed by atoms with Gasteiger partial charge in [-0.1, -0.05) is 31.2 Å². The second-order valence-corrected chi connectivity index (χ2v) is 7.67. The highest BCUT2D eigenvalue weighted by molar-refractivity contribution is 5.32. The van der Waals surface area contributed by atoms with Gasteiger partial charge in [0.1, 0.15) is 0 Å². The van der Waals surface area contributed by atoms with Gasteiger partial charge in [0.25, 0.3) is 0 Å². The minimum atomic E-state index is -0.492. The fraction of sp³-hybridized carbons (Fsp3) is 0.684. The van der Waals surface area contributed by atoms with Crippen molar-refractivity contribution >= 4 is 0 Å². The molecule has 1 saturated heterocycles. The molecule has 2 bridgehead atoms. The highest BCUT2D eigenvalue weighted by Gasteiger charge is 2.55. The Kier molecular flexibility index (Phi) is 3.35. The highest BCUT2D eigenvalue weighted by atomic mass is 16.3. The Morgan fingerprint density at radius 1 is 1.05 bits per heavy atom. The Morgan fingerprint density at radius 3 is 2.24 bits per heavy atom. The van der Waals surface area contributed by atoms with Crippen molar-refractivity contribution in [2.45, 2.75) is 57.1 Å². The lowest BCUT2D eigenvalue weighted by Gasteiger charge is -2.45. The first kappa shape index (κ1) is 13.8. The van der Waals surface area contributed by atoms with Gasteiger partial charge >= 0.3 is 0 Å². The van der Waals surface area contributed by atoms with Gasteiger partial charge in [0.15, 0.2) is 0 Å². The van der Waals surface area contributed by atoms with Crippen LogP contribution >= 0.6 is 0 Å². The van der Waals surface area contributed by atoms with Gasteiger partial charge in [-0.05, 0) is 74.0 Å². The largest absolute Gasteiger partial charge is 0.388 e. The molecule has 2 fully saturated rings. The molecule has 0 aromatic heterocycles. The van der Waals surface area contributed by atoms with Gasteiger partial charge in [0.05, 0.1) is 5.60 Å². The molecule has 4 rings (SSSR count). The van der Waals surface area contributed by atoms with E-state index >= 15 is 0 Å². The van der Waals surface area contributed by atoms with E-state index in [4.69, 9.17) is 0 Å². The molecule has 2 N–H and O–H groups in total. The fourth-order valence-electron chi connectivity index (χ4n) is 5.24. The van der Waals surface area contributed by atoms with Crippen LogP contribution in [0.5, 0.6) is 0 Å². The van der Waals surface area contributed by atoms with E-state index in [-0.39, 0.29) is 0 Å². The number of nitrogens with one attached hydrogen (secondary N) is 1. The number of aliphatic hydroxyl groups is 1. The summed E-state index contributed by atoms with van der Waals surface area (Å²) in [4.78, 5) is 0. The molecule has 1 aliphatic heterocycles. The van der Waals surface area contributed by atoms with Crippen molar-refractivity contribution in [1.82, 2.24) is 5.32 Å². The summed E-state index contributed by atoms with van der Waals surface area (Å²) in [5, 5.41) is 15.4. The number of fused-ring (bicyclic) bond motifs is 3. The molecule has 1 saturated carbocycles. The smallest absolute Gasteiger partial charge is 0.0862 e. The lowest BCUT2D eigenvalue weighted by Crippen LogP contribution is -2.59. The van der Waals surface area contributed by atoms with Crippen LogP contribution in [0.4, 0.5) is 0 Å². The maximum absolute atomic E-state index is 11.7. The Labute approximate surface area is 128 Å². The Bertz CT molecular complexity index is 493. The van der Waals surface area contributed by atoms with Crippen LogP contribution in [-0.2, 0) is 12.8 Å². The third-order valence-corrected chi connectivity index (χ3v) is 6.45. The van der Waals surface area contributed by atoms with E-state index in [1.807, 2.05) is 0 Å². The predicted molar refractivity (Wildman–Crippen MR) is 85.2 cm³/mol. The molecule has 2 heteroatoms. The van der Waals surface area contributed by atoms with Crippen molar-refractivity contribution in [3.63, 3.8) is 0 Å². The topological polar surface area (TPSA) is 32.3 Å². The number of rotatable bonds is 1. The van der Waals surface area contributed by atoms with Crippen LogP contribution in [0.2, 0.25) is 0 Å². The summed E-state index contributed by atoms with van der Waals surface area (Å²) in [6.45, 7) is 3.41. The molecule has 1 aromatic rings. The van der Waals surface area contributed by atoms with Crippen molar-refractivity contribution in [1.29, 1.82) is 0 Å². The molecule has 0 spiro atoms. The summed E-state index contributed by atoms with van der Waals surface area (Å²) in [5.41, 5.74) is 2.47. The lowest BCUT2D eigenvalue weighted by molar-refractivity contribution is -0.0760. The highest BCUT2D eigenvalue weighted by Crippen LogP contribution is 2.50. The van der Waals surface area contributed by atoms with Crippen LogP contribution < -0.4 is 5.32 Å². The molecule has 4 atom stereocenters. The van der Waals surface area contributed by atoms with Crippen LogP contribution in [0.1, 0.15) is 43.7 Å². The number of piperidine rings is 1. The van der Waals surface area contributed by atoms with E-state index in [2.05, 4.69) is 36.5 Å². The Morgan fingerprint density at radius 2 is 1.67 bits per heavy atom. The summed E-state index contributed by atoms with van der Waals surface area (Å²) < 4.78 is 0. The third kappa shape index (κ3) is 2.15. The average Bonchev–Trinajstić information content (AvgIpc) is 2.71. The van der Waals surface area contributed by atoms with Crippen molar-refractivity contribution in [2.75, 3.05) is 6.54 Å². The van der Waals surface area contributed by atoms with Crippen molar-refractivity contribution in [2.24, 2.45) is 17.8 Å². The summed E-state index contributed by atoms with van der Waals surface area (Å²) >= 11 is 0. The first-order valence-electron chi connectivity index (χ1n) is 8.70. The van der Waals surface area contributed by atoms with Gasteiger partial charge in [0.2, 0.25) is 0 Å². The van der Waals surface area contributed by atoms with Crippen molar-refractivity contribution < 1.29 is 5.11 Å². The zero-order chi connectivity index (χ0) is 14.4. The molecule has 0 amide bonds. The fourth-order valence-corrected chi connectivity index (χ4v) is 5.24. The number of benzene rings is 1. The lowest BCUT2D eigenvalue weighted by atomic mass is 9.72. The monoisotopic (exact) mass is 285 g/mol. The molecule has 114 valence electrons. The molecule has 4 unspecified atom stereocenters. The second-order valence-electron chi connectivity index (χ2n) is 7.67. The van der Waals surface area contributed by atoms with E-state index in [1.165, 1.54) is 30.4 Å². The summed E-state index contributed by atoms with van der Waals surface area (Å²) in [6.07, 6.45) is 6.91. The summed E-state index contributed by atoms with van der Waals surface area (Å²) in [5.74, 6) is 1.62. The molecule has 1 heterocycles. The normalized spacial score (nSPS) is 42.4. The molecular formula is C19H27NO. The maximum Gasteiger partial charge on any atom is 0.0862 e. The summed E-state index contributed by atoms with van der Waals surface area (Å²) in [6, 6.07) is 9.14. The van der Waals surface area contributed by atoms with E-state index < -0.39 is 5.60 Å². The number of hydrogen-bond acceptors (Lipinski definition) is 2. The quantitative estimate of drug-likeness (QED) is 0.831. The van der Waals surface area contributed by atoms with Gasteiger partial charge in [-0.15, -0.1) is 0 Å². The van der Waals surface area contributed by atoms with Crippen LogP contribution in [0.3, 0.4) is 0 Å². The predicted octanol–water partition coefficient (Wildman–Crippen LogP) is 2.93. The van der Waals surface area contributed by atoms with E-state index in [1.54, 1.807) is 0 Å². The Balaban J connectivity index is 1.68. The molecular weight excluding hydrogens is 258 g/mol. The minimum absolute atomic E-state index is 0.299. The van der Waals surface area contributed by atoms with E-state index in [0.717, 1.165) is 31.7 Å². The first-order valence-corrected chi connectivity index (χ1v) is 8.70. The van der Waals surface area contributed by atoms with Crippen LogP contribution in [0.15, 0.2) is 24.3 Å². The first-order chi connectivity index (χ1) is 10.2. The minimum Gasteiger partial charge on any atom is -0.388 e.